The van der Waals surface area contributed by atoms with Crippen molar-refractivity contribution in [3.05, 3.63) is 71.6 Å². The topological polar surface area (TPSA) is 105 Å². The van der Waals surface area contributed by atoms with Crippen LogP contribution in [0.4, 0.5) is 0 Å². The average Bonchev–Trinajstić information content (AvgIpc) is 3.06. The highest BCUT2D eigenvalue weighted by Gasteiger charge is 2.14. The lowest BCUT2D eigenvalue weighted by Crippen LogP contribution is -2.20. The molecule has 1 amide bonds. The SMILES string of the molecule is Cc1oc(-c2ccccc2)nc1COC(=O)c1ccc(OCC(N)=O)cc1. The van der Waals surface area contributed by atoms with Crippen LogP contribution < -0.4 is 10.5 Å². The molecule has 0 atom stereocenters. The summed E-state index contributed by atoms with van der Waals surface area (Å²) in [5.74, 6) is 0.439. The van der Waals surface area contributed by atoms with Gasteiger partial charge in [0.2, 0.25) is 5.89 Å². The van der Waals surface area contributed by atoms with E-state index >= 15 is 0 Å². The fourth-order valence-electron chi connectivity index (χ4n) is 2.33. The molecule has 7 nitrogen and oxygen atoms in total. The molecule has 0 aliphatic rings. The van der Waals surface area contributed by atoms with Crippen molar-refractivity contribution in [3.8, 4) is 17.2 Å². The zero-order valence-electron chi connectivity index (χ0n) is 14.7. The standard InChI is InChI=1S/C20H18N2O5/c1-13-17(22-19(27-13)14-5-3-2-4-6-14)11-26-20(24)15-7-9-16(10-8-15)25-12-18(21)23/h2-10H,11-12H2,1H3,(H2,21,23). The van der Waals surface area contributed by atoms with Gasteiger partial charge in [0, 0.05) is 5.56 Å². The lowest BCUT2D eigenvalue weighted by atomic mass is 10.2. The Kier molecular flexibility index (Phi) is 5.51. The van der Waals surface area contributed by atoms with Gasteiger partial charge in [-0.25, -0.2) is 9.78 Å². The predicted octanol–water partition coefficient (Wildman–Crippen LogP) is 2.87. The fourth-order valence-corrected chi connectivity index (χ4v) is 2.33. The van der Waals surface area contributed by atoms with Crippen LogP contribution in [0.25, 0.3) is 11.5 Å². The van der Waals surface area contributed by atoms with Gasteiger partial charge in [-0.1, -0.05) is 18.2 Å². The van der Waals surface area contributed by atoms with E-state index in [0.29, 0.717) is 28.7 Å². The van der Waals surface area contributed by atoms with E-state index in [1.54, 1.807) is 31.2 Å². The Bertz CT molecular complexity index is 933. The number of primary amides is 1. The molecule has 0 bridgehead atoms. The first kappa shape index (κ1) is 18.2. The normalized spacial score (nSPS) is 10.4. The number of aryl methyl sites for hydroxylation is 1. The number of rotatable bonds is 7. The number of amides is 1. The van der Waals surface area contributed by atoms with Gasteiger partial charge in [-0.3, -0.25) is 4.79 Å². The summed E-state index contributed by atoms with van der Waals surface area (Å²) in [7, 11) is 0. The third-order valence-corrected chi connectivity index (χ3v) is 3.72. The van der Waals surface area contributed by atoms with Crippen molar-refractivity contribution in [2.24, 2.45) is 5.73 Å². The van der Waals surface area contributed by atoms with Crippen molar-refractivity contribution in [3.63, 3.8) is 0 Å². The maximum absolute atomic E-state index is 12.2. The maximum Gasteiger partial charge on any atom is 0.338 e. The minimum absolute atomic E-state index is 0.000920. The Morgan fingerprint density at radius 1 is 1.07 bits per heavy atom. The van der Waals surface area contributed by atoms with E-state index in [2.05, 4.69) is 4.98 Å². The van der Waals surface area contributed by atoms with Gasteiger partial charge in [0.05, 0.1) is 5.56 Å². The number of carbonyl (C=O) groups is 2. The van der Waals surface area contributed by atoms with Crippen LogP contribution >= 0.6 is 0 Å². The van der Waals surface area contributed by atoms with Gasteiger partial charge in [0.15, 0.2) is 6.61 Å². The Morgan fingerprint density at radius 2 is 1.78 bits per heavy atom. The molecule has 3 rings (SSSR count). The van der Waals surface area contributed by atoms with Gasteiger partial charge in [-0.15, -0.1) is 0 Å². The summed E-state index contributed by atoms with van der Waals surface area (Å²) < 4.78 is 16.1. The highest BCUT2D eigenvalue weighted by Crippen LogP contribution is 2.22. The van der Waals surface area contributed by atoms with Gasteiger partial charge in [0.25, 0.3) is 5.91 Å². The molecule has 0 fully saturated rings. The number of oxazole rings is 1. The molecule has 7 heteroatoms. The van der Waals surface area contributed by atoms with E-state index in [9.17, 15) is 9.59 Å². The Balaban J connectivity index is 1.61. The highest BCUT2D eigenvalue weighted by molar-refractivity contribution is 5.89. The Labute approximate surface area is 155 Å². The summed E-state index contributed by atoms with van der Waals surface area (Å²) in [6.45, 7) is 1.55. The van der Waals surface area contributed by atoms with Crippen LogP contribution in [0.15, 0.2) is 59.0 Å². The zero-order valence-corrected chi connectivity index (χ0v) is 14.7. The highest BCUT2D eigenvalue weighted by atomic mass is 16.5. The van der Waals surface area contributed by atoms with Crippen molar-refractivity contribution in [2.75, 3.05) is 6.61 Å². The smallest absolute Gasteiger partial charge is 0.338 e. The number of ether oxygens (including phenoxy) is 2. The number of nitrogens with zero attached hydrogens (tertiary/aromatic N) is 1. The van der Waals surface area contributed by atoms with E-state index in [0.717, 1.165) is 5.56 Å². The van der Waals surface area contributed by atoms with Gasteiger partial charge in [-0.2, -0.15) is 0 Å². The first-order valence-corrected chi connectivity index (χ1v) is 8.23. The molecule has 1 heterocycles. The molecular weight excluding hydrogens is 348 g/mol. The van der Waals surface area contributed by atoms with E-state index in [-0.39, 0.29) is 13.2 Å². The van der Waals surface area contributed by atoms with Gasteiger partial charge in [-0.05, 0) is 43.3 Å². The maximum atomic E-state index is 12.2. The zero-order chi connectivity index (χ0) is 19.2. The molecule has 2 N–H and O–H groups in total. The predicted molar refractivity (Wildman–Crippen MR) is 96.9 cm³/mol. The number of carbonyl (C=O) groups excluding carboxylic acids is 2. The van der Waals surface area contributed by atoms with Crippen LogP contribution in [-0.4, -0.2) is 23.5 Å². The van der Waals surface area contributed by atoms with E-state index in [4.69, 9.17) is 19.6 Å². The molecule has 0 spiro atoms. The molecule has 0 aliphatic heterocycles. The summed E-state index contributed by atoms with van der Waals surface area (Å²) in [6.07, 6.45) is 0. The fraction of sp³-hybridized carbons (Fsp3) is 0.150. The lowest BCUT2D eigenvalue weighted by molar-refractivity contribution is -0.119. The molecule has 1 aromatic heterocycles. The molecule has 0 unspecified atom stereocenters. The Hall–Kier alpha value is -3.61. The molecule has 0 radical (unpaired) electrons. The van der Waals surface area contributed by atoms with E-state index < -0.39 is 11.9 Å². The summed E-state index contributed by atoms with van der Waals surface area (Å²) in [6, 6.07) is 15.7. The van der Waals surface area contributed by atoms with Crippen molar-refractivity contribution in [1.29, 1.82) is 0 Å². The first-order chi connectivity index (χ1) is 13.0. The number of esters is 1. The monoisotopic (exact) mass is 366 g/mol. The molecule has 3 aromatic rings. The van der Waals surface area contributed by atoms with Crippen molar-refractivity contribution >= 4 is 11.9 Å². The van der Waals surface area contributed by atoms with Gasteiger partial charge in [0.1, 0.15) is 23.8 Å². The number of hydrogen-bond acceptors (Lipinski definition) is 6. The van der Waals surface area contributed by atoms with Crippen LogP contribution in [0.5, 0.6) is 5.75 Å². The van der Waals surface area contributed by atoms with Crippen molar-refractivity contribution in [2.45, 2.75) is 13.5 Å². The number of hydrogen-bond donors (Lipinski definition) is 1. The van der Waals surface area contributed by atoms with E-state index in [1.807, 2.05) is 30.3 Å². The third kappa shape index (κ3) is 4.72. The number of benzene rings is 2. The summed E-state index contributed by atoms with van der Waals surface area (Å²) in [5, 5.41) is 0. The van der Waals surface area contributed by atoms with Crippen LogP contribution in [0.3, 0.4) is 0 Å². The van der Waals surface area contributed by atoms with E-state index in [1.165, 1.54) is 0 Å². The molecule has 138 valence electrons. The van der Waals surface area contributed by atoms with Crippen LogP contribution in [0.2, 0.25) is 0 Å². The number of nitrogens with two attached hydrogens (primary N) is 1. The molecule has 27 heavy (non-hydrogen) atoms. The van der Waals surface area contributed by atoms with Crippen molar-refractivity contribution < 1.29 is 23.5 Å². The third-order valence-electron chi connectivity index (χ3n) is 3.72. The molecule has 2 aromatic carbocycles. The lowest BCUT2D eigenvalue weighted by Gasteiger charge is -2.06. The molecular formula is C20H18N2O5. The van der Waals surface area contributed by atoms with Gasteiger partial charge < -0.3 is 19.6 Å². The Morgan fingerprint density at radius 3 is 2.44 bits per heavy atom. The second-order valence-corrected chi connectivity index (χ2v) is 5.74. The van der Waals surface area contributed by atoms with Crippen LogP contribution in [-0.2, 0) is 16.1 Å². The quantitative estimate of drug-likeness (QED) is 0.645. The first-order valence-electron chi connectivity index (χ1n) is 8.23. The second kappa shape index (κ2) is 8.18. The minimum Gasteiger partial charge on any atom is -0.484 e. The largest absolute Gasteiger partial charge is 0.484 e. The van der Waals surface area contributed by atoms with Crippen LogP contribution in [0.1, 0.15) is 21.8 Å². The van der Waals surface area contributed by atoms with Gasteiger partial charge >= 0.3 is 5.97 Å². The summed E-state index contributed by atoms with van der Waals surface area (Å²) >= 11 is 0. The second-order valence-electron chi connectivity index (χ2n) is 5.74. The molecule has 0 aliphatic carbocycles. The minimum atomic E-state index is -0.573. The molecule has 0 saturated carbocycles. The van der Waals surface area contributed by atoms with Crippen LogP contribution in [0, 0.1) is 6.92 Å². The average molecular weight is 366 g/mol. The number of aromatic nitrogens is 1. The molecule has 0 saturated heterocycles. The summed E-state index contributed by atoms with van der Waals surface area (Å²) in [5.41, 5.74) is 6.78. The van der Waals surface area contributed by atoms with Crippen molar-refractivity contribution in [1.82, 2.24) is 4.98 Å². The summed E-state index contributed by atoms with van der Waals surface area (Å²) in [4.78, 5) is 27.3.